The second kappa shape index (κ2) is 4.79. The van der Waals surface area contributed by atoms with Crippen LogP contribution in [0, 0.1) is 6.92 Å². The SMILES string of the molecule is COc1c(C)cccc1C(O)CC(=O)O. The van der Waals surface area contributed by atoms with Crippen LogP contribution in [0.3, 0.4) is 0 Å². The van der Waals surface area contributed by atoms with Crippen molar-refractivity contribution in [1.29, 1.82) is 0 Å². The number of aliphatic hydroxyl groups excluding tert-OH is 1. The molecule has 4 heteroatoms. The minimum absolute atomic E-state index is 0.320. The lowest BCUT2D eigenvalue weighted by Gasteiger charge is -2.14. The van der Waals surface area contributed by atoms with E-state index in [4.69, 9.17) is 9.84 Å². The smallest absolute Gasteiger partial charge is 0.306 e. The van der Waals surface area contributed by atoms with Crippen molar-refractivity contribution >= 4 is 5.97 Å². The minimum Gasteiger partial charge on any atom is -0.496 e. The molecule has 82 valence electrons. The standard InChI is InChI=1S/C11H14O4/c1-7-4-3-5-8(11(7)15-2)9(12)6-10(13)14/h3-5,9,12H,6H2,1-2H3,(H,13,14). The normalized spacial score (nSPS) is 12.2. The van der Waals surface area contributed by atoms with Gasteiger partial charge < -0.3 is 14.9 Å². The van der Waals surface area contributed by atoms with Gasteiger partial charge in [-0.1, -0.05) is 18.2 Å². The fraction of sp³-hybridized carbons (Fsp3) is 0.364. The summed E-state index contributed by atoms with van der Waals surface area (Å²) in [4.78, 5) is 10.5. The van der Waals surface area contributed by atoms with Crippen LogP contribution in [0.25, 0.3) is 0 Å². The maximum absolute atomic E-state index is 10.5. The van der Waals surface area contributed by atoms with E-state index in [2.05, 4.69) is 0 Å². The highest BCUT2D eigenvalue weighted by molar-refractivity contribution is 5.68. The van der Waals surface area contributed by atoms with Crippen LogP contribution >= 0.6 is 0 Å². The molecule has 1 atom stereocenters. The highest BCUT2D eigenvalue weighted by atomic mass is 16.5. The number of aryl methyl sites for hydroxylation is 1. The first kappa shape index (κ1) is 11.5. The third-order valence-corrected chi connectivity index (χ3v) is 2.17. The minimum atomic E-state index is -1.04. The molecule has 1 unspecified atom stereocenters. The Morgan fingerprint density at radius 3 is 2.73 bits per heavy atom. The lowest BCUT2D eigenvalue weighted by Crippen LogP contribution is -2.07. The van der Waals surface area contributed by atoms with Crippen molar-refractivity contribution in [2.45, 2.75) is 19.4 Å². The quantitative estimate of drug-likeness (QED) is 0.790. The Hall–Kier alpha value is -1.55. The molecule has 2 N–H and O–H groups in total. The second-order valence-corrected chi connectivity index (χ2v) is 3.31. The lowest BCUT2D eigenvalue weighted by atomic mass is 10.0. The summed E-state index contributed by atoms with van der Waals surface area (Å²) >= 11 is 0. The number of methoxy groups -OCH3 is 1. The summed E-state index contributed by atoms with van der Waals surface area (Å²) in [7, 11) is 1.50. The number of benzene rings is 1. The molecule has 0 saturated heterocycles. The number of hydrogen-bond acceptors (Lipinski definition) is 3. The van der Waals surface area contributed by atoms with Gasteiger partial charge in [-0.2, -0.15) is 0 Å². The molecule has 1 rings (SSSR count). The first-order valence-electron chi connectivity index (χ1n) is 4.59. The van der Waals surface area contributed by atoms with Crippen LogP contribution in [0.15, 0.2) is 18.2 Å². The van der Waals surface area contributed by atoms with Gasteiger partial charge in [0.15, 0.2) is 0 Å². The predicted octanol–water partition coefficient (Wildman–Crippen LogP) is 1.51. The predicted molar refractivity (Wildman–Crippen MR) is 54.9 cm³/mol. The van der Waals surface area contributed by atoms with Gasteiger partial charge in [-0.05, 0) is 12.5 Å². The van der Waals surface area contributed by atoms with E-state index in [1.54, 1.807) is 12.1 Å². The summed E-state index contributed by atoms with van der Waals surface area (Å²) in [5, 5.41) is 18.2. The van der Waals surface area contributed by atoms with Crippen molar-refractivity contribution in [2.24, 2.45) is 0 Å². The molecular weight excluding hydrogens is 196 g/mol. The number of hydrogen-bond donors (Lipinski definition) is 2. The molecule has 4 nitrogen and oxygen atoms in total. The van der Waals surface area contributed by atoms with Crippen molar-refractivity contribution in [3.05, 3.63) is 29.3 Å². The van der Waals surface area contributed by atoms with Gasteiger partial charge in [0, 0.05) is 5.56 Å². The highest BCUT2D eigenvalue weighted by Gasteiger charge is 2.17. The van der Waals surface area contributed by atoms with Gasteiger partial charge in [-0.15, -0.1) is 0 Å². The zero-order valence-electron chi connectivity index (χ0n) is 8.73. The summed E-state index contributed by atoms with van der Waals surface area (Å²) in [6.45, 7) is 1.84. The Labute approximate surface area is 88.1 Å². The molecule has 15 heavy (non-hydrogen) atoms. The molecule has 1 aromatic rings. The molecule has 0 saturated carbocycles. The molecule has 0 radical (unpaired) electrons. The van der Waals surface area contributed by atoms with Crippen molar-refractivity contribution in [3.63, 3.8) is 0 Å². The third kappa shape index (κ3) is 2.70. The molecule has 0 fully saturated rings. The van der Waals surface area contributed by atoms with Crippen LogP contribution in [0.2, 0.25) is 0 Å². The van der Waals surface area contributed by atoms with Crippen molar-refractivity contribution in [3.8, 4) is 5.75 Å². The summed E-state index contributed by atoms with van der Waals surface area (Å²) in [5.74, 6) is -0.489. The van der Waals surface area contributed by atoms with Crippen LogP contribution in [0.5, 0.6) is 5.75 Å². The number of ether oxygens (including phenoxy) is 1. The zero-order chi connectivity index (χ0) is 11.4. The van der Waals surface area contributed by atoms with Gasteiger partial charge in [-0.25, -0.2) is 0 Å². The summed E-state index contributed by atoms with van der Waals surface area (Å²) in [6, 6.07) is 5.27. The molecule has 0 aliphatic carbocycles. The Morgan fingerprint density at radius 1 is 1.53 bits per heavy atom. The summed E-state index contributed by atoms with van der Waals surface area (Å²) in [5.41, 5.74) is 1.39. The Balaban J connectivity index is 3.02. The number of aliphatic hydroxyl groups is 1. The van der Waals surface area contributed by atoms with E-state index in [-0.39, 0.29) is 6.42 Å². The van der Waals surface area contributed by atoms with Crippen molar-refractivity contribution < 1.29 is 19.7 Å². The number of carboxylic acid groups (broad SMARTS) is 1. The topological polar surface area (TPSA) is 66.8 Å². The zero-order valence-corrected chi connectivity index (χ0v) is 8.73. The van der Waals surface area contributed by atoms with Crippen LogP contribution in [-0.2, 0) is 4.79 Å². The van der Waals surface area contributed by atoms with Crippen molar-refractivity contribution in [2.75, 3.05) is 7.11 Å². The maximum atomic E-state index is 10.5. The highest BCUT2D eigenvalue weighted by Crippen LogP contribution is 2.29. The van der Waals surface area contributed by atoms with Gasteiger partial charge in [0.2, 0.25) is 0 Å². The van der Waals surface area contributed by atoms with E-state index in [0.29, 0.717) is 11.3 Å². The van der Waals surface area contributed by atoms with Crippen LogP contribution in [0.1, 0.15) is 23.7 Å². The van der Waals surface area contributed by atoms with Crippen molar-refractivity contribution in [1.82, 2.24) is 0 Å². The molecule has 0 aromatic heterocycles. The third-order valence-electron chi connectivity index (χ3n) is 2.17. The largest absolute Gasteiger partial charge is 0.496 e. The van der Waals surface area contributed by atoms with Gasteiger partial charge in [0.25, 0.3) is 0 Å². The Bertz CT molecular complexity index is 360. The van der Waals surface area contributed by atoms with Crippen LogP contribution in [0.4, 0.5) is 0 Å². The number of aliphatic carboxylic acids is 1. The van der Waals surface area contributed by atoms with Crippen LogP contribution in [-0.4, -0.2) is 23.3 Å². The molecule has 0 heterocycles. The number of carbonyl (C=O) groups is 1. The molecular formula is C11H14O4. The van der Waals surface area contributed by atoms with E-state index in [1.807, 2.05) is 13.0 Å². The molecule has 0 spiro atoms. The monoisotopic (exact) mass is 210 g/mol. The first-order valence-corrected chi connectivity index (χ1v) is 4.59. The fourth-order valence-corrected chi connectivity index (χ4v) is 1.49. The molecule has 0 aliphatic rings. The molecule has 0 bridgehead atoms. The van der Waals surface area contributed by atoms with E-state index in [1.165, 1.54) is 7.11 Å². The average Bonchev–Trinajstić information content (AvgIpc) is 2.16. The Morgan fingerprint density at radius 2 is 2.20 bits per heavy atom. The van der Waals surface area contributed by atoms with E-state index in [0.717, 1.165) is 5.56 Å². The van der Waals surface area contributed by atoms with E-state index < -0.39 is 12.1 Å². The molecule has 0 amide bonds. The fourth-order valence-electron chi connectivity index (χ4n) is 1.49. The first-order chi connectivity index (χ1) is 7.06. The van der Waals surface area contributed by atoms with Gasteiger partial charge in [0.1, 0.15) is 5.75 Å². The maximum Gasteiger partial charge on any atom is 0.306 e. The molecule has 0 aliphatic heterocycles. The lowest BCUT2D eigenvalue weighted by molar-refractivity contribution is -0.139. The van der Waals surface area contributed by atoms with Gasteiger partial charge in [-0.3, -0.25) is 4.79 Å². The summed E-state index contributed by atoms with van der Waals surface area (Å²) in [6.07, 6.45) is -1.35. The number of rotatable bonds is 4. The van der Waals surface area contributed by atoms with Gasteiger partial charge >= 0.3 is 5.97 Å². The average molecular weight is 210 g/mol. The van der Waals surface area contributed by atoms with E-state index in [9.17, 15) is 9.90 Å². The number of para-hydroxylation sites is 1. The van der Waals surface area contributed by atoms with E-state index >= 15 is 0 Å². The summed E-state index contributed by atoms with van der Waals surface area (Å²) < 4.78 is 5.13. The van der Waals surface area contributed by atoms with Gasteiger partial charge in [0.05, 0.1) is 19.6 Å². The molecule has 1 aromatic carbocycles. The Kier molecular flexibility index (Phi) is 3.68. The van der Waals surface area contributed by atoms with Crippen LogP contribution < -0.4 is 4.74 Å². The number of carboxylic acids is 1. The second-order valence-electron chi connectivity index (χ2n) is 3.31.